The monoisotopic (exact) mass is 600 g/mol. The Hall–Kier alpha value is -2.43. The molecule has 0 heterocycles. The Kier molecular flexibility index (Phi) is 19.5. The van der Waals surface area contributed by atoms with Gasteiger partial charge < -0.3 is 31.0 Å². The van der Waals surface area contributed by atoms with Crippen molar-refractivity contribution in [2.45, 2.75) is 25.2 Å². The van der Waals surface area contributed by atoms with E-state index in [0.717, 1.165) is 24.6 Å². The van der Waals surface area contributed by atoms with Gasteiger partial charge in [0.1, 0.15) is 11.6 Å². The Morgan fingerprint density at radius 3 is 1.62 bits per heavy atom. The van der Waals surface area contributed by atoms with Crippen molar-refractivity contribution in [3.05, 3.63) is 64.5 Å². The van der Waals surface area contributed by atoms with Gasteiger partial charge in [-0.05, 0) is 42.8 Å². The molecule has 0 unspecified atom stereocenters. The number of carbonyl (C=O) groups is 2. The number of hydrogen-bond acceptors (Lipinski definition) is 6. The van der Waals surface area contributed by atoms with E-state index < -0.39 is 52.4 Å². The molecule has 0 fully saturated rings. The van der Waals surface area contributed by atoms with Crippen LogP contribution in [0.2, 0.25) is 0 Å². The first-order chi connectivity index (χ1) is 18.1. The number of carboxylic acids is 2. The van der Waals surface area contributed by atoms with Crippen molar-refractivity contribution in [2.75, 3.05) is 40.6 Å². The molecule has 222 valence electrons. The largest absolute Gasteiger partial charge is 1.00 e. The molecule has 40 heavy (non-hydrogen) atoms. The Bertz CT molecular complexity index is 1050. The summed E-state index contributed by atoms with van der Waals surface area (Å²) in [6.45, 7) is 1.32. The molecule has 0 spiro atoms. The molecule has 0 bridgehead atoms. The molecule has 0 saturated carbocycles. The van der Waals surface area contributed by atoms with Crippen molar-refractivity contribution >= 4 is 11.9 Å². The number of ether oxygens (including phenoxy) is 3. The number of alkyl halides is 6. The summed E-state index contributed by atoms with van der Waals surface area (Å²) in [7, 11) is 3.10. The first kappa shape index (κ1) is 39.7. The average molecular weight is 600 g/mol. The van der Waals surface area contributed by atoms with E-state index in [1.807, 2.05) is 0 Å². The Morgan fingerprint density at radius 1 is 0.775 bits per heavy atom. The number of aliphatic hydroxyl groups is 1. The maximum Gasteiger partial charge on any atom is 1.00 e. The third-order valence-corrected chi connectivity index (χ3v) is 4.31. The van der Waals surface area contributed by atoms with Gasteiger partial charge in [0, 0.05) is 40.5 Å². The number of hydrogen-bond donors (Lipinski definition) is 3. The van der Waals surface area contributed by atoms with Gasteiger partial charge in [-0.15, -0.1) is 0 Å². The fourth-order valence-electron chi connectivity index (χ4n) is 2.48. The van der Waals surface area contributed by atoms with Crippen molar-refractivity contribution in [1.82, 2.24) is 0 Å². The molecule has 0 aliphatic carbocycles. The second kappa shape index (κ2) is 19.6. The van der Waals surface area contributed by atoms with E-state index in [2.05, 4.69) is 4.74 Å². The van der Waals surface area contributed by atoms with Gasteiger partial charge in [0.25, 0.3) is 0 Å². The predicted molar refractivity (Wildman–Crippen MR) is 123 cm³/mol. The van der Waals surface area contributed by atoms with E-state index in [-0.39, 0.29) is 56.0 Å². The molecule has 0 atom stereocenters. The molecule has 2 rings (SSSR count). The van der Waals surface area contributed by atoms with Gasteiger partial charge in [-0.1, -0.05) is 0 Å². The van der Waals surface area contributed by atoms with Crippen LogP contribution in [0.3, 0.4) is 0 Å². The van der Waals surface area contributed by atoms with Crippen LogP contribution in [0.25, 0.3) is 0 Å². The van der Waals surface area contributed by atoms with Crippen LogP contribution in [0.1, 0.15) is 46.1 Å². The molecular formula is C24H28F7NaO8. The van der Waals surface area contributed by atoms with Crippen molar-refractivity contribution in [3.63, 3.8) is 0 Å². The maximum absolute atomic E-state index is 12.8. The van der Waals surface area contributed by atoms with Crippen LogP contribution in [-0.4, -0.2) is 67.9 Å². The second-order valence-electron chi connectivity index (χ2n) is 7.28. The number of halogens is 7. The minimum Gasteiger partial charge on any atom is -1.00 e. The molecule has 0 amide bonds. The van der Waals surface area contributed by atoms with Gasteiger partial charge in [-0.3, -0.25) is 0 Å². The minimum atomic E-state index is -4.88. The van der Waals surface area contributed by atoms with Crippen LogP contribution in [0, 0.1) is 5.82 Å². The molecule has 2 aromatic rings. The zero-order chi connectivity index (χ0) is 30.2. The number of methoxy groups -OCH3 is 2. The predicted octanol–water partition coefficient (Wildman–Crippen LogP) is 2.49. The Balaban J connectivity index is -0.000000580. The fraction of sp³-hybridized carbons (Fsp3) is 0.417. The van der Waals surface area contributed by atoms with Crippen LogP contribution in [0.5, 0.6) is 5.75 Å². The summed E-state index contributed by atoms with van der Waals surface area (Å²) in [4.78, 5) is 21.0. The molecule has 0 aliphatic rings. The zero-order valence-electron chi connectivity index (χ0n) is 22.7. The number of rotatable bonds is 10. The first-order valence-corrected chi connectivity index (χ1v) is 10.9. The molecule has 0 radical (unpaired) electrons. The molecule has 0 aromatic heterocycles. The summed E-state index contributed by atoms with van der Waals surface area (Å²) in [5.41, 5.74) is -3.70. The number of aromatic carboxylic acids is 2. The van der Waals surface area contributed by atoms with E-state index in [9.17, 15) is 40.3 Å². The summed E-state index contributed by atoms with van der Waals surface area (Å²) in [5, 5.41) is 25.2. The van der Waals surface area contributed by atoms with Gasteiger partial charge in [-0.25, -0.2) is 14.0 Å². The van der Waals surface area contributed by atoms with E-state index in [0.29, 0.717) is 31.8 Å². The second-order valence-corrected chi connectivity index (χ2v) is 7.28. The van der Waals surface area contributed by atoms with Crippen LogP contribution in [0.15, 0.2) is 36.4 Å². The minimum absolute atomic E-state index is 0. The van der Waals surface area contributed by atoms with Gasteiger partial charge in [0.05, 0.1) is 28.9 Å². The van der Waals surface area contributed by atoms with Crippen molar-refractivity contribution < 1.29 is 101 Å². The normalized spacial score (nSPS) is 10.8. The topological polar surface area (TPSA) is 123 Å². The maximum atomic E-state index is 12.8. The summed E-state index contributed by atoms with van der Waals surface area (Å²) < 4.78 is 101. The van der Waals surface area contributed by atoms with Crippen molar-refractivity contribution in [1.29, 1.82) is 0 Å². The number of aliphatic hydroxyl groups excluding tert-OH is 1. The number of carboxylic acid groups (broad SMARTS) is 2. The van der Waals surface area contributed by atoms with E-state index >= 15 is 0 Å². The van der Waals surface area contributed by atoms with Gasteiger partial charge in [-0.2, -0.15) is 26.3 Å². The fourth-order valence-corrected chi connectivity index (χ4v) is 2.48. The summed E-state index contributed by atoms with van der Waals surface area (Å²) in [6, 6.07) is 4.16. The molecular weight excluding hydrogens is 572 g/mol. The molecule has 16 heteroatoms. The van der Waals surface area contributed by atoms with Crippen molar-refractivity contribution in [2.24, 2.45) is 0 Å². The molecule has 0 aliphatic heterocycles. The van der Waals surface area contributed by atoms with E-state index in [4.69, 9.17) is 24.8 Å². The molecule has 2 aromatic carbocycles. The molecule has 3 N–H and O–H groups in total. The summed E-state index contributed by atoms with van der Waals surface area (Å²) in [6.07, 6.45) is -8.36. The standard InChI is InChI=1S/C12H13F3O4.C8H4F4O2.C4H10O2.Na.H/c1-18-5-2-6-19-10-4-3-8(11(16)17)7-9(10)12(13,14)15;9-6-2-1-4(7(13)14)3-5(6)8(10,11)12;1-6-4-2-3-5;;/h3-4,7H,2,5-6H2,1H3,(H,16,17);1-3H,(H,13,14);5H,2-4H2,1H3;;/q;;;+1;-1. The number of benzene rings is 2. The quantitative estimate of drug-likeness (QED) is 0.216. The molecule has 0 saturated heterocycles. The van der Waals surface area contributed by atoms with Crippen LogP contribution >= 0.6 is 0 Å². The SMILES string of the molecule is COCCCO.COCCCOc1ccc(C(=O)O)cc1C(F)(F)F.O=C(O)c1ccc(F)c(C(F)(F)F)c1.[H-].[Na+]. The van der Waals surface area contributed by atoms with Crippen molar-refractivity contribution in [3.8, 4) is 5.75 Å². The van der Waals surface area contributed by atoms with E-state index in [1.165, 1.54) is 7.11 Å². The third kappa shape index (κ3) is 15.4. The Labute approximate surface area is 248 Å². The summed E-state index contributed by atoms with van der Waals surface area (Å²) in [5.74, 6) is -4.82. The van der Waals surface area contributed by atoms with Crippen LogP contribution in [0.4, 0.5) is 30.7 Å². The van der Waals surface area contributed by atoms with Gasteiger partial charge in [0.2, 0.25) is 0 Å². The molecule has 8 nitrogen and oxygen atoms in total. The van der Waals surface area contributed by atoms with Crippen LogP contribution in [-0.2, 0) is 21.8 Å². The third-order valence-electron chi connectivity index (χ3n) is 4.31. The van der Waals surface area contributed by atoms with Gasteiger partial charge >= 0.3 is 53.8 Å². The van der Waals surface area contributed by atoms with Gasteiger partial charge in [0.15, 0.2) is 0 Å². The zero-order valence-corrected chi connectivity index (χ0v) is 23.7. The smallest absolute Gasteiger partial charge is 1.00 e. The average Bonchev–Trinajstić information content (AvgIpc) is 2.85. The van der Waals surface area contributed by atoms with E-state index in [1.54, 1.807) is 7.11 Å². The van der Waals surface area contributed by atoms with Crippen LogP contribution < -0.4 is 34.3 Å². The summed E-state index contributed by atoms with van der Waals surface area (Å²) >= 11 is 0. The first-order valence-electron chi connectivity index (χ1n) is 10.9. The Morgan fingerprint density at radius 2 is 1.23 bits per heavy atom.